The molecular formula is C13H19N3O. The molecule has 17 heavy (non-hydrogen) atoms. The van der Waals surface area contributed by atoms with Gasteiger partial charge < -0.3 is 15.5 Å². The second kappa shape index (κ2) is 5.19. The maximum atomic E-state index is 11.6. The number of benzene rings is 1. The quantitative estimate of drug-likeness (QED) is 0.832. The summed E-state index contributed by atoms with van der Waals surface area (Å²) in [6.07, 6.45) is 2.30. The van der Waals surface area contributed by atoms with Crippen molar-refractivity contribution in [2.75, 3.05) is 37.8 Å². The Morgan fingerprint density at radius 1 is 1.47 bits per heavy atom. The molecule has 2 N–H and O–H groups in total. The minimum Gasteiger partial charge on any atom is -0.385 e. The van der Waals surface area contributed by atoms with Crippen LogP contribution in [-0.2, 0) is 11.2 Å². The van der Waals surface area contributed by atoms with Gasteiger partial charge in [-0.15, -0.1) is 0 Å². The molecule has 2 rings (SSSR count). The molecule has 0 aromatic heterocycles. The van der Waals surface area contributed by atoms with E-state index in [1.165, 1.54) is 12.0 Å². The summed E-state index contributed by atoms with van der Waals surface area (Å²) in [4.78, 5) is 13.5. The van der Waals surface area contributed by atoms with Crippen molar-refractivity contribution in [1.82, 2.24) is 4.90 Å². The number of rotatable bonds is 3. The maximum Gasteiger partial charge on any atom is 0.238 e. The summed E-state index contributed by atoms with van der Waals surface area (Å²) in [5.74, 6) is 0.0192. The molecule has 4 heteroatoms. The number of amides is 1. The Balaban J connectivity index is 2.04. The van der Waals surface area contributed by atoms with E-state index in [0.29, 0.717) is 6.54 Å². The molecule has 4 nitrogen and oxygen atoms in total. The monoisotopic (exact) mass is 233 g/mol. The van der Waals surface area contributed by atoms with E-state index in [1.807, 2.05) is 31.1 Å². The summed E-state index contributed by atoms with van der Waals surface area (Å²) in [5.41, 5.74) is 3.35. The highest BCUT2D eigenvalue weighted by Crippen LogP contribution is 2.25. The average Bonchev–Trinajstić information content (AvgIpc) is 2.27. The van der Waals surface area contributed by atoms with E-state index in [9.17, 15) is 4.79 Å². The smallest absolute Gasteiger partial charge is 0.238 e. The van der Waals surface area contributed by atoms with Crippen molar-refractivity contribution < 1.29 is 4.79 Å². The lowest BCUT2D eigenvalue weighted by molar-refractivity contribution is -0.116. The number of anilines is 2. The van der Waals surface area contributed by atoms with Crippen LogP contribution in [-0.4, -0.2) is 38.0 Å². The summed E-state index contributed by atoms with van der Waals surface area (Å²) in [7, 11) is 3.77. The van der Waals surface area contributed by atoms with E-state index in [-0.39, 0.29) is 5.91 Å². The Labute approximate surface area is 102 Å². The highest BCUT2D eigenvalue weighted by atomic mass is 16.2. The standard InChI is InChI=1S/C13H19N3O/c1-16(2)9-13(17)15-11-6-5-10-4-3-7-14-12(10)8-11/h5-6,8,14H,3-4,7,9H2,1-2H3,(H,15,17). The van der Waals surface area contributed by atoms with Gasteiger partial charge in [0.05, 0.1) is 6.54 Å². The summed E-state index contributed by atoms with van der Waals surface area (Å²) in [6, 6.07) is 6.08. The number of likely N-dealkylation sites (N-methyl/N-ethyl adjacent to an activating group) is 1. The van der Waals surface area contributed by atoms with Gasteiger partial charge in [-0.05, 0) is 44.6 Å². The van der Waals surface area contributed by atoms with Gasteiger partial charge in [0.25, 0.3) is 0 Å². The maximum absolute atomic E-state index is 11.6. The van der Waals surface area contributed by atoms with E-state index in [4.69, 9.17) is 0 Å². The number of hydrogen-bond donors (Lipinski definition) is 2. The molecule has 0 spiro atoms. The predicted octanol–water partition coefficient (Wildman–Crippen LogP) is 1.54. The number of nitrogens with one attached hydrogen (secondary N) is 2. The lowest BCUT2D eigenvalue weighted by atomic mass is 10.0. The molecule has 92 valence electrons. The van der Waals surface area contributed by atoms with Crippen LogP contribution in [0.25, 0.3) is 0 Å². The fraction of sp³-hybridized carbons (Fsp3) is 0.462. The molecule has 0 fully saturated rings. The zero-order valence-electron chi connectivity index (χ0n) is 10.4. The molecule has 0 saturated carbocycles. The van der Waals surface area contributed by atoms with E-state index >= 15 is 0 Å². The van der Waals surface area contributed by atoms with Crippen LogP contribution in [0, 0.1) is 0 Å². The average molecular weight is 233 g/mol. The van der Waals surface area contributed by atoms with Gasteiger partial charge >= 0.3 is 0 Å². The summed E-state index contributed by atoms with van der Waals surface area (Å²) in [5, 5.41) is 6.26. The van der Waals surface area contributed by atoms with Crippen molar-refractivity contribution in [3.63, 3.8) is 0 Å². The minimum atomic E-state index is 0.0192. The van der Waals surface area contributed by atoms with Gasteiger partial charge in [-0.25, -0.2) is 0 Å². The third kappa shape index (κ3) is 3.20. The fourth-order valence-electron chi connectivity index (χ4n) is 2.03. The van der Waals surface area contributed by atoms with E-state index in [0.717, 1.165) is 24.3 Å². The molecule has 1 aliphatic heterocycles. The lowest BCUT2D eigenvalue weighted by Gasteiger charge is -2.19. The van der Waals surface area contributed by atoms with Crippen LogP contribution in [0.2, 0.25) is 0 Å². The van der Waals surface area contributed by atoms with Crippen molar-refractivity contribution in [1.29, 1.82) is 0 Å². The van der Waals surface area contributed by atoms with Crippen LogP contribution in [0.4, 0.5) is 11.4 Å². The van der Waals surface area contributed by atoms with Gasteiger partial charge in [0.1, 0.15) is 0 Å². The SMILES string of the molecule is CN(C)CC(=O)Nc1ccc2c(c1)NCCC2. The zero-order valence-corrected chi connectivity index (χ0v) is 10.4. The largest absolute Gasteiger partial charge is 0.385 e. The topological polar surface area (TPSA) is 44.4 Å². The Morgan fingerprint density at radius 3 is 3.06 bits per heavy atom. The third-order valence-electron chi connectivity index (χ3n) is 2.79. The lowest BCUT2D eigenvalue weighted by Crippen LogP contribution is -2.27. The van der Waals surface area contributed by atoms with E-state index < -0.39 is 0 Å². The highest BCUT2D eigenvalue weighted by Gasteiger charge is 2.10. The van der Waals surface area contributed by atoms with Crippen LogP contribution in [0.3, 0.4) is 0 Å². The van der Waals surface area contributed by atoms with Gasteiger partial charge in [0.2, 0.25) is 5.91 Å². The number of carbonyl (C=O) groups excluding carboxylic acids is 1. The first-order chi connectivity index (χ1) is 8.15. The number of carbonyl (C=O) groups is 1. The summed E-state index contributed by atoms with van der Waals surface area (Å²) in [6.45, 7) is 1.42. The molecule has 1 amide bonds. The Morgan fingerprint density at radius 2 is 2.29 bits per heavy atom. The van der Waals surface area contributed by atoms with Crippen LogP contribution < -0.4 is 10.6 Å². The van der Waals surface area contributed by atoms with Crippen molar-refractivity contribution in [2.45, 2.75) is 12.8 Å². The minimum absolute atomic E-state index is 0.0192. The molecule has 0 unspecified atom stereocenters. The Bertz CT molecular complexity index is 415. The van der Waals surface area contributed by atoms with Gasteiger partial charge in [-0.1, -0.05) is 6.07 Å². The molecule has 0 aliphatic carbocycles. The Hall–Kier alpha value is -1.55. The molecule has 0 saturated heterocycles. The zero-order chi connectivity index (χ0) is 12.3. The van der Waals surface area contributed by atoms with Crippen molar-refractivity contribution in [3.8, 4) is 0 Å². The van der Waals surface area contributed by atoms with Crippen molar-refractivity contribution in [2.24, 2.45) is 0 Å². The molecule has 0 bridgehead atoms. The normalized spacial score (nSPS) is 14.1. The molecule has 0 atom stereocenters. The first-order valence-electron chi connectivity index (χ1n) is 5.96. The molecule has 1 aliphatic rings. The highest BCUT2D eigenvalue weighted by molar-refractivity contribution is 5.92. The molecule has 1 aromatic rings. The van der Waals surface area contributed by atoms with Crippen LogP contribution in [0.15, 0.2) is 18.2 Å². The van der Waals surface area contributed by atoms with Crippen molar-refractivity contribution in [3.05, 3.63) is 23.8 Å². The van der Waals surface area contributed by atoms with Crippen LogP contribution in [0.5, 0.6) is 0 Å². The van der Waals surface area contributed by atoms with Crippen molar-refractivity contribution >= 4 is 17.3 Å². The third-order valence-corrected chi connectivity index (χ3v) is 2.79. The molecule has 1 aromatic carbocycles. The summed E-state index contributed by atoms with van der Waals surface area (Å²) < 4.78 is 0. The number of fused-ring (bicyclic) bond motifs is 1. The van der Waals surface area contributed by atoms with E-state index in [1.54, 1.807) is 0 Å². The van der Waals surface area contributed by atoms with E-state index in [2.05, 4.69) is 16.7 Å². The van der Waals surface area contributed by atoms with Gasteiger partial charge in [0, 0.05) is 17.9 Å². The van der Waals surface area contributed by atoms with Gasteiger partial charge in [-0.2, -0.15) is 0 Å². The van der Waals surface area contributed by atoms with Crippen LogP contribution >= 0.6 is 0 Å². The predicted molar refractivity (Wildman–Crippen MR) is 70.4 cm³/mol. The number of nitrogens with zero attached hydrogens (tertiary/aromatic N) is 1. The second-order valence-electron chi connectivity index (χ2n) is 4.69. The Kier molecular flexibility index (Phi) is 3.64. The first-order valence-corrected chi connectivity index (χ1v) is 5.96. The van der Waals surface area contributed by atoms with Gasteiger partial charge in [-0.3, -0.25) is 4.79 Å². The summed E-state index contributed by atoms with van der Waals surface area (Å²) >= 11 is 0. The fourth-order valence-corrected chi connectivity index (χ4v) is 2.03. The molecular weight excluding hydrogens is 214 g/mol. The van der Waals surface area contributed by atoms with Gasteiger partial charge in [0.15, 0.2) is 0 Å². The second-order valence-corrected chi connectivity index (χ2v) is 4.69. The molecule has 1 heterocycles. The number of hydrogen-bond acceptors (Lipinski definition) is 3. The first kappa shape index (κ1) is 11.9. The van der Waals surface area contributed by atoms with Crippen LogP contribution in [0.1, 0.15) is 12.0 Å². The number of aryl methyl sites for hydroxylation is 1. The molecule has 0 radical (unpaired) electrons.